The lowest BCUT2D eigenvalue weighted by Crippen LogP contribution is -2.19. The molecule has 0 N–H and O–H groups in total. The third-order valence-electron chi connectivity index (χ3n) is 2.48. The van der Waals surface area contributed by atoms with Crippen LogP contribution < -0.4 is 10.4 Å². The predicted molar refractivity (Wildman–Crippen MR) is 53.4 cm³/mol. The summed E-state index contributed by atoms with van der Waals surface area (Å²) in [5.41, 5.74) is 3.65. The molecule has 0 bridgehead atoms. The van der Waals surface area contributed by atoms with Gasteiger partial charge in [0.05, 0.1) is 0 Å². The molecule has 0 amide bonds. The second-order valence-corrected chi connectivity index (χ2v) is 3.22. The van der Waals surface area contributed by atoms with Crippen molar-refractivity contribution in [2.45, 2.75) is 13.3 Å². The third-order valence-corrected chi connectivity index (χ3v) is 2.48. The van der Waals surface area contributed by atoms with Crippen molar-refractivity contribution < 1.29 is 0 Å². The van der Waals surface area contributed by atoms with Gasteiger partial charge in [0, 0.05) is 18.8 Å². The number of fused-ring (bicyclic) bond motifs is 1. The van der Waals surface area contributed by atoms with Crippen LogP contribution in [0.3, 0.4) is 0 Å². The minimum absolute atomic E-state index is 0.881. The summed E-state index contributed by atoms with van der Waals surface area (Å²) in [4.78, 5) is 2.38. The van der Waals surface area contributed by atoms with E-state index < -0.39 is 0 Å². The topological polar surface area (TPSA) is 3.24 Å². The van der Waals surface area contributed by atoms with Crippen molar-refractivity contribution in [3.05, 3.63) is 23.8 Å². The van der Waals surface area contributed by atoms with Crippen LogP contribution in [0, 0.1) is 0 Å². The van der Waals surface area contributed by atoms with Gasteiger partial charge in [0.1, 0.15) is 7.85 Å². The standard InChI is InChI=1S/C10H12BN/c1-2-12-6-5-8-7-9(11)3-4-10(8)12/h3-4,7H,2,5-6H2,1H3. The van der Waals surface area contributed by atoms with Crippen molar-refractivity contribution in [3.63, 3.8) is 0 Å². The molecule has 1 aliphatic heterocycles. The van der Waals surface area contributed by atoms with Crippen molar-refractivity contribution in [1.29, 1.82) is 0 Å². The van der Waals surface area contributed by atoms with Gasteiger partial charge in [-0.15, -0.1) is 0 Å². The smallest absolute Gasteiger partial charge is 0.113 e. The highest BCUT2D eigenvalue weighted by Gasteiger charge is 2.16. The number of likely N-dealkylation sites (N-methyl/N-ethyl adjacent to an activating group) is 1. The van der Waals surface area contributed by atoms with Crippen LogP contribution in [0.15, 0.2) is 18.2 Å². The molecule has 0 fully saturated rings. The summed E-state index contributed by atoms with van der Waals surface area (Å²) < 4.78 is 0. The Bertz CT molecular complexity index is 296. The maximum Gasteiger partial charge on any atom is 0.113 e. The van der Waals surface area contributed by atoms with Crippen molar-refractivity contribution in [3.8, 4) is 0 Å². The third kappa shape index (κ3) is 1.11. The predicted octanol–water partition coefficient (Wildman–Crippen LogP) is 0.863. The van der Waals surface area contributed by atoms with E-state index in [1.54, 1.807) is 0 Å². The Balaban J connectivity index is 2.40. The quantitative estimate of drug-likeness (QED) is 0.546. The number of hydrogen-bond donors (Lipinski definition) is 0. The molecule has 1 nitrogen and oxygen atoms in total. The minimum atomic E-state index is 0.881. The summed E-state index contributed by atoms with van der Waals surface area (Å²) in [6.45, 7) is 4.43. The zero-order valence-electron chi connectivity index (χ0n) is 7.38. The average Bonchev–Trinajstić information content (AvgIpc) is 2.46. The van der Waals surface area contributed by atoms with Crippen LogP contribution in [-0.2, 0) is 6.42 Å². The summed E-state index contributed by atoms with van der Waals surface area (Å²) in [5.74, 6) is 0. The number of hydrogen-bond acceptors (Lipinski definition) is 1. The van der Waals surface area contributed by atoms with Gasteiger partial charge in [-0.25, -0.2) is 0 Å². The molecule has 0 atom stereocenters. The second kappa shape index (κ2) is 2.85. The Morgan fingerprint density at radius 2 is 2.33 bits per heavy atom. The molecule has 12 heavy (non-hydrogen) atoms. The van der Waals surface area contributed by atoms with E-state index in [1.807, 2.05) is 6.07 Å². The molecule has 0 aliphatic carbocycles. The van der Waals surface area contributed by atoms with Gasteiger partial charge in [-0.3, -0.25) is 0 Å². The summed E-state index contributed by atoms with van der Waals surface area (Å²) >= 11 is 0. The van der Waals surface area contributed by atoms with Gasteiger partial charge < -0.3 is 4.90 Å². The van der Waals surface area contributed by atoms with Crippen LogP contribution in [0.25, 0.3) is 0 Å². The Hall–Kier alpha value is -0.915. The molecule has 1 aromatic rings. The number of anilines is 1. The normalized spacial score (nSPS) is 14.9. The molecule has 1 aliphatic rings. The van der Waals surface area contributed by atoms with E-state index in [1.165, 1.54) is 11.3 Å². The first kappa shape index (κ1) is 7.72. The van der Waals surface area contributed by atoms with E-state index in [-0.39, 0.29) is 0 Å². The second-order valence-electron chi connectivity index (χ2n) is 3.22. The van der Waals surface area contributed by atoms with E-state index in [0.717, 1.165) is 25.0 Å². The van der Waals surface area contributed by atoms with Crippen molar-refractivity contribution >= 4 is 19.0 Å². The fraction of sp³-hybridized carbons (Fsp3) is 0.400. The highest BCUT2D eigenvalue weighted by Crippen LogP contribution is 2.25. The average molecular weight is 157 g/mol. The SMILES string of the molecule is [B]c1ccc2c(c1)CCN2CC. The molecule has 2 radical (unpaired) electrons. The van der Waals surface area contributed by atoms with E-state index in [4.69, 9.17) is 7.85 Å². The summed E-state index contributed by atoms with van der Waals surface area (Å²) in [5, 5.41) is 0. The highest BCUT2D eigenvalue weighted by molar-refractivity contribution is 6.32. The number of benzene rings is 1. The minimum Gasteiger partial charge on any atom is -0.371 e. The van der Waals surface area contributed by atoms with Crippen LogP contribution in [0.2, 0.25) is 0 Å². The molecule has 1 heterocycles. The molecule has 0 saturated carbocycles. The molecule has 0 aromatic heterocycles. The fourth-order valence-corrected chi connectivity index (χ4v) is 1.82. The molecule has 0 spiro atoms. The van der Waals surface area contributed by atoms with Gasteiger partial charge in [-0.2, -0.15) is 0 Å². The van der Waals surface area contributed by atoms with Gasteiger partial charge in [0.2, 0.25) is 0 Å². The monoisotopic (exact) mass is 157 g/mol. The first-order valence-corrected chi connectivity index (χ1v) is 4.44. The zero-order chi connectivity index (χ0) is 8.55. The van der Waals surface area contributed by atoms with Gasteiger partial charge >= 0.3 is 0 Å². The summed E-state index contributed by atoms with van der Waals surface area (Å²) in [6, 6.07) is 6.19. The molecule has 1 aromatic carbocycles. The van der Waals surface area contributed by atoms with Crippen LogP contribution >= 0.6 is 0 Å². The lowest BCUT2D eigenvalue weighted by molar-refractivity contribution is 0.868. The van der Waals surface area contributed by atoms with Crippen molar-refractivity contribution in [2.24, 2.45) is 0 Å². The van der Waals surface area contributed by atoms with Gasteiger partial charge in [-0.05, 0) is 25.0 Å². The van der Waals surface area contributed by atoms with Crippen LogP contribution in [-0.4, -0.2) is 20.9 Å². The Kier molecular flexibility index (Phi) is 1.83. The van der Waals surface area contributed by atoms with Crippen LogP contribution in [0.1, 0.15) is 12.5 Å². The molecular weight excluding hydrogens is 145 g/mol. The van der Waals surface area contributed by atoms with E-state index in [2.05, 4.69) is 24.0 Å². The molecule has 2 heteroatoms. The fourth-order valence-electron chi connectivity index (χ4n) is 1.82. The molecule has 0 unspecified atom stereocenters. The van der Waals surface area contributed by atoms with E-state index in [9.17, 15) is 0 Å². The first-order valence-electron chi connectivity index (χ1n) is 4.44. The lowest BCUT2D eigenvalue weighted by atomic mass is 9.93. The maximum absolute atomic E-state index is 5.70. The molecule has 60 valence electrons. The lowest BCUT2D eigenvalue weighted by Gasteiger charge is -2.16. The Morgan fingerprint density at radius 3 is 3.08 bits per heavy atom. The van der Waals surface area contributed by atoms with Crippen molar-refractivity contribution in [2.75, 3.05) is 18.0 Å². The van der Waals surface area contributed by atoms with Gasteiger partial charge in [-0.1, -0.05) is 17.6 Å². The van der Waals surface area contributed by atoms with Crippen LogP contribution in [0.4, 0.5) is 5.69 Å². The number of rotatable bonds is 1. The Morgan fingerprint density at radius 1 is 1.50 bits per heavy atom. The van der Waals surface area contributed by atoms with Crippen molar-refractivity contribution in [1.82, 2.24) is 0 Å². The largest absolute Gasteiger partial charge is 0.371 e. The van der Waals surface area contributed by atoms with E-state index in [0.29, 0.717) is 0 Å². The molecular formula is C10H12BN. The van der Waals surface area contributed by atoms with Gasteiger partial charge in [0.25, 0.3) is 0 Å². The molecule has 2 rings (SSSR count). The van der Waals surface area contributed by atoms with Crippen LogP contribution in [0.5, 0.6) is 0 Å². The molecule has 0 saturated heterocycles. The Labute approximate surface area is 74.8 Å². The zero-order valence-corrected chi connectivity index (χ0v) is 7.38. The maximum atomic E-state index is 5.70. The summed E-state index contributed by atoms with van der Waals surface area (Å²) in [6.07, 6.45) is 1.15. The number of nitrogens with zero attached hydrogens (tertiary/aromatic N) is 1. The first-order chi connectivity index (χ1) is 5.81. The van der Waals surface area contributed by atoms with Gasteiger partial charge in [0.15, 0.2) is 0 Å². The summed E-state index contributed by atoms with van der Waals surface area (Å²) in [7, 11) is 5.70. The van der Waals surface area contributed by atoms with E-state index >= 15 is 0 Å². The highest BCUT2D eigenvalue weighted by atomic mass is 15.1.